The SMILES string of the molecule is NC1C(=O)N2C(C(=O)OC(c3ccccc3)c3ccccc3)=C(/C=C/C(F)(F)F)CS[C@H]12. The largest absolute Gasteiger partial charge is 0.448 e. The van der Waals surface area contributed by atoms with Crippen molar-refractivity contribution in [3.63, 3.8) is 0 Å². The molecule has 4 rings (SSSR count). The lowest BCUT2D eigenvalue weighted by Crippen LogP contribution is -2.68. The average Bonchev–Trinajstić information content (AvgIpc) is 2.80. The molecule has 2 aliphatic rings. The van der Waals surface area contributed by atoms with Gasteiger partial charge in [0.15, 0.2) is 6.10 Å². The standard InChI is InChI=1S/C23H19F3N2O3S/c24-23(25,26)12-11-16-13-32-21-17(27)20(29)28(21)18(16)22(30)31-19(14-7-3-1-4-8-14)15-9-5-2-6-10-15/h1-12,17,19,21H,13,27H2/b12-11+/t17?,21-/m1/s1. The number of hydrogen-bond donors (Lipinski definition) is 1. The third kappa shape index (κ3) is 4.44. The summed E-state index contributed by atoms with van der Waals surface area (Å²) in [5.74, 6) is -1.31. The van der Waals surface area contributed by atoms with Crippen molar-refractivity contribution in [2.45, 2.75) is 23.7 Å². The van der Waals surface area contributed by atoms with E-state index < -0.39 is 35.6 Å². The topological polar surface area (TPSA) is 72.6 Å². The first kappa shape index (κ1) is 22.2. The highest BCUT2D eigenvalue weighted by Crippen LogP contribution is 2.41. The highest BCUT2D eigenvalue weighted by atomic mass is 32.2. The summed E-state index contributed by atoms with van der Waals surface area (Å²) in [5.41, 5.74) is 7.07. The summed E-state index contributed by atoms with van der Waals surface area (Å²) in [4.78, 5) is 26.8. The van der Waals surface area contributed by atoms with Crippen molar-refractivity contribution in [1.82, 2.24) is 4.90 Å². The Labute approximate surface area is 186 Å². The molecule has 166 valence electrons. The number of β-lactam (4-membered cyclic amide) rings is 1. The quantitative estimate of drug-likeness (QED) is 0.541. The van der Waals surface area contributed by atoms with E-state index in [1.165, 1.54) is 11.8 Å². The molecular formula is C23H19F3N2O3S. The Morgan fingerprint density at radius 1 is 1.09 bits per heavy atom. The Morgan fingerprint density at radius 3 is 2.19 bits per heavy atom. The molecule has 2 aliphatic heterocycles. The number of esters is 1. The van der Waals surface area contributed by atoms with Crippen LogP contribution < -0.4 is 5.73 Å². The second-order valence-corrected chi connectivity index (χ2v) is 8.40. The lowest BCUT2D eigenvalue weighted by Gasteiger charge is -2.48. The van der Waals surface area contributed by atoms with Crippen LogP contribution in [0.2, 0.25) is 0 Å². The third-order valence-corrected chi connectivity index (χ3v) is 6.46. The van der Waals surface area contributed by atoms with Crippen LogP contribution in [0.5, 0.6) is 0 Å². The Kier molecular flexibility index (Phi) is 6.12. The summed E-state index contributed by atoms with van der Waals surface area (Å²) in [6.07, 6.45) is -4.50. The molecule has 0 aliphatic carbocycles. The summed E-state index contributed by atoms with van der Waals surface area (Å²) < 4.78 is 44.2. The highest BCUT2D eigenvalue weighted by molar-refractivity contribution is 8.00. The lowest BCUT2D eigenvalue weighted by molar-refractivity contribution is -0.153. The van der Waals surface area contributed by atoms with Crippen LogP contribution in [0.25, 0.3) is 0 Å². The number of hydrogen-bond acceptors (Lipinski definition) is 5. The molecule has 2 N–H and O–H groups in total. The van der Waals surface area contributed by atoms with E-state index in [9.17, 15) is 22.8 Å². The van der Waals surface area contributed by atoms with Gasteiger partial charge in [0.2, 0.25) is 5.91 Å². The molecule has 1 saturated heterocycles. The van der Waals surface area contributed by atoms with Crippen molar-refractivity contribution in [3.05, 3.63) is 95.2 Å². The van der Waals surface area contributed by atoms with E-state index >= 15 is 0 Å². The van der Waals surface area contributed by atoms with Crippen molar-refractivity contribution in [2.24, 2.45) is 5.73 Å². The summed E-state index contributed by atoms with van der Waals surface area (Å²) in [6, 6.07) is 17.1. The highest BCUT2D eigenvalue weighted by Gasteiger charge is 2.52. The van der Waals surface area contributed by atoms with Crippen LogP contribution in [0.1, 0.15) is 17.2 Å². The van der Waals surface area contributed by atoms with E-state index in [1.807, 2.05) is 12.1 Å². The van der Waals surface area contributed by atoms with Crippen LogP contribution in [0.4, 0.5) is 13.2 Å². The van der Waals surface area contributed by atoms with Crippen molar-refractivity contribution >= 4 is 23.6 Å². The normalized spacial score (nSPS) is 21.0. The van der Waals surface area contributed by atoms with Crippen LogP contribution in [-0.2, 0) is 14.3 Å². The maximum Gasteiger partial charge on any atom is 0.409 e. The second-order valence-electron chi connectivity index (χ2n) is 7.29. The Bertz CT molecular complexity index is 1030. The number of rotatable bonds is 5. The maximum atomic E-state index is 13.3. The minimum Gasteiger partial charge on any atom is -0.448 e. The second kappa shape index (κ2) is 8.84. The molecule has 2 atom stereocenters. The maximum absolute atomic E-state index is 13.3. The Morgan fingerprint density at radius 2 is 1.66 bits per heavy atom. The van der Waals surface area contributed by atoms with Crippen molar-refractivity contribution in [3.8, 4) is 0 Å². The third-order valence-electron chi connectivity index (χ3n) is 5.14. The first-order chi connectivity index (χ1) is 15.3. The molecule has 0 aromatic heterocycles. The zero-order valence-corrected chi connectivity index (χ0v) is 17.5. The molecule has 1 amide bonds. The number of amides is 1. The molecule has 32 heavy (non-hydrogen) atoms. The van der Waals surface area contributed by atoms with Gasteiger partial charge in [-0.25, -0.2) is 4.79 Å². The number of thioether (sulfide) groups is 1. The number of halogens is 3. The summed E-state index contributed by atoms with van der Waals surface area (Å²) in [5, 5.41) is -0.514. The zero-order valence-electron chi connectivity index (χ0n) is 16.7. The molecule has 2 aromatic rings. The van der Waals surface area contributed by atoms with Gasteiger partial charge in [-0.2, -0.15) is 13.2 Å². The number of alkyl halides is 3. The Balaban J connectivity index is 1.72. The molecule has 5 nitrogen and oxygen atoms in total. The molecule has 9 heteroatoms. The number of allylic oxidation sites excluding steroid dienone is 2. The van der Waals surface area contributed by atoms with Gasteiger partial charge >= 0.3 is 12.1 Å². The van der Waals surface area contributed by atoms with Crippen molar-refractivity contribution in [2.75, 3.05) is 5.75 Å². The van der Waals surface area contributed by atoms with Gasteiger partial charge in [-0.1, -0.05) is 66.7 Å². The van der Waals surface area contributed by atoms with Crippen molar-refractivity contribution in [1.29, 1.82) is 0 Å². The van der Waals surface area contributed by atoms with Crippen LogP contribution in [-0.4, -0.2) is 40.1 Å². The van der Waals surface area contributed by atoms with E-state index in [0.717, 1.165) is 11.0 Å². The van der Waals surface area contributed by atoms with Gasteiger partial charge in [-0.05, 0) is 16.7 Å². The first-order valence-corrected chi connectivity index (χ1v) is 10.8. The minimum absolute atomic E-state index is 0.0482. The van der Waals surface area contributed by atoms with E-state index in [4.69, 9.17) is 10.5 Å². The van der Waals surface area contributed by atoms with Gasteiger partial charge in [0.05, 0.1) is 0 Å². The molecule has 0 bridgehead atoms. The minimum atomic E-state index is -4.56. The molecule has 0 saturated carbocycles. The number of nitrogens with two attached hydrogens (primary N) is 1. The zero-order chi connectivity index (χ0) is 22.9. The molecular weight excluding hydrogens is 441 g/mol. The van der Waals surface area contributed by atoms with Gasteiger partial charge in [0, 0.05) is 11.8 Å². The summed E-state index contributed by atoms with van der Waals surface area (Å²) >= 11 is 1.21. The number of carbonyl (C=O) groups excluding carboxylic acids is 2. The van der Waals surface area contributed by atoms with Crippen LogP contribution in [0, 0.1) is 0 Å². The predicted molar refractivity (Wildman–Crippen MR) is 114 cm³/mol. The van der Waals surface area contributed by atoms with Crippen LogP contribution >= 0.6 is 11.8 Å². The van der Waals surface area contributed by atoms with Gasteiger partial charge < -0.3 is 10.5 Å². The number of fused-ring (bicyclic) bond motifs is 1. The van der Waals surface area contributed by atoms with Gasteiger partial charge in [-0.3, -0.25) is 9.69 Å². The van der Waals surface area contributed by atoms with Crippen LogP contribution in [0.15, 0.2) is 84.1 Å². The van der Waals surface area contributed by atoms with Crippen molar-refractivity contribution < 1.29 is 27.5 Å². The van der Waals surface area contributed by atoms with E-state index in [1.54, 1.807) is 48.5 Å². The van der Waals surface area contributed by atoms with Gasteiger partial charge in [-0.15, -0.1) is 11.8 Å². The smallest absolute Gasteiger partial charge is 0.409 e. The molecule has 0 spiro atoms. The molecule has 2 heterocycles. The van der Waals surface area contributed by atoms with Gasteiger partial charge in [0.1, 0.15) is 17.1 Å². The summed E-state index contributed by atoms with van der Waals surface area (Å²) in [7, 11) is 0. The number of nitrogens with zero attached hydrogens (tertiary/aromatic N) is 1. The fourth-order valence-corrected chi connectivity index (χ4v) is 4.86. The molecule has 1 unspecified atom stereocenters. The molecule has 2 aromatic carbocycles. The first-order valence-electron chi connectivity index (χ1n) is 9.76. The fourth-order valence-electron chi connectivity index (χ4n) is 3.60. The van der Waals surface area contributed by atoms with E-state index in [-0.39, 0.29) is 23.1 Å². The molecule has 0 radical (unpaired) electrons. The number of benzene rings is 2. The fraction of sp³-hybridized carbons (Fsp3) is 0.217. The number of carbonyl (C=O) groups is 2. The summed E-state index contributed by atoms with van der Waals surface area (Å²) in [6.45, 7) is 0. The van der Waals surface area contributed by atoms with Gasteiger partial charge in [0.25, 0.3) is 0 Å². The van der Waals surface area contributed by atoms with E-state index in [2.05, 4.69) is 0 Å². The molecule has 1 fully saturated rings. The van der Waals surface area contributed by atoms with E-state index in [0.29, 0.717) is 11.1 Å². The average molecular weight is 460 g/mol. The monoisotopic (exact) mass is 460 g/mol. The lowest BCUT2D eigenvalue weighted by atomic mass is 10.0. The predicted octanol–water partition coefficient (Wildman–Crippen LogP) is 3.93. The Hall–Kier alpha value is -3.04. The number of ether oxygens (including phenoxy) is 1. The van der Waals surface area contributed by atoms with Crippen LogP contribution in [0.3, 0.4) is 0 Å².